The molecule has 0 aliphatic rings. The highest BCUT2D eigenvalue weighted by atomic mass is 35.5. The summed E-state index contributed by atoms with van der Waals surface area (Å²) < 4.78 is 27.6. The second-order valence-electron chi connectivity index (χ2n) is 3.42. The van der Waals surface area contributed by atoms with Crippen LogP contribution in [-0.2, 0) is 17.1 Å². The zero-order valence-corrected chi connectivity index (χ0v) is 11.5. The normalized spacial score (nSPS) is 11.5. The second kappa shape index (κ2) is 4.75. The molecule has 0 radical (unpaired) electrons. The number of sulfonamides is 1. The lowest BCUT2D eigenvalue weighted by Crippen LogP contribution is -2.14. The van der Waals surface area contributed by atoms with Gasteiger partial charge >= 0.3 is 0 Å². The van der Waals surface area contributed by atoms with E-state index in [1.54, 1.807) is 7.05 Å². The Balaban J connectivity index is 2.36. The number of nitrogens with zero attached hydrogens (tertiary/aromatic N) is 3. The van der Waals surface area contributed by atoms with Crippen LogP contribution in [0.25, 0.3) is 0 Å². The first kappa shape index (κ1) is 13.1. The summed E-state index contributed by atoms with van der Waals surface area (Å²) in [5, 5.41) is 0.132. The summed E-state index contributed by atoms with van der Waals surface area (Å²) in [5.74, 6) is 0.101. The van der Waals surface area contributed by atoms with E-state index in [9.17, 15) is 8.42 Å². The summed E-state index contributed by atoms with van der Waals surface area (Å²) >= 11 is 11.6. The van der Waals surface area contributed by atoms with Crippen molar-refractivity contribution < 1.29 is 8.42 Å². The third kappa shape index (κ3) is 2.58. The molecule has 0 saturated heterocycles. The Morgan fingerprint density at radius 1 is 1.33 bits per heavy atom. The summed E-state index contributed by atoms with van der Waals surface area (Å²) in [4.78, 5) is 7.56. The molecule has 0 aliphatic carbocycles. The maximum absolute atomic E-state index is 12.0. The van der Waals surface area contributed by atoms with Crippen molar-refractivity contribution >= 4 is 39.0 Å². The highest BCUT2D eigenvalue weighted by Crippen LogP contribution is 2.21. The molecule has 2 rings (SSSR count). The fraction of sp³-hybridized carbons (Fsp3) is 0.111. The number of aryl methyl sites for hydroxylation is 1. The molecular weight excluding hydrogens is 299 g/mol. The Morgan fingerprint density at radius 2 is 2.06 bits per heavy atom. The molecule has 0 spiro atoms. The van der Waals surface area contributed by atoms with Crippen molar-refractivity contribution in [3.63, 3.8) is 0 Å². The van der Waals surface area contributed by atoms with Gasteiger partial charge < -0.3 is 4.57 Å². The molecule has 96 valence electrons. The standard InChI is InChI=1S/C9H8Cl2N4O2S/c1-15-5-13-9(8(15)11)18(16,17)14-7-4-6(10)2-3-12-7/h2-5H,1H3,(H,12,14). The predicted molar refractivity (Wildman–Crippen MR) is 68.3 cm³/mol. The van der Waals surface area contributed by atoms with Crippen LogP contribution in [0.3, 0.4) is 0 Å². The Morgan fingerprint density at radius 3 is 2.61 bits per heavy atom. The van der Waals surface area contributed by atoms with E-state index in [2.05, 4.69) is 14.7 Å². The number of hydrogen-bond acceptors (Lipinski definition) is 4. The quantitative estimate of drug-likeness (QED) is 0.940. The van der Waals surface area contributed by atoms with Crippen LogP contribution >= 0.6 is 23.2 Å². The summed E-state index contributed by atoms with van der Waals surface area (Å²) in [6.45, 7) is 0. The fourth-order valence-corrected chi connectivity index (χ4v) is 2.81. The van der Waals surface area contributed by atoms with E-state index in [1.807, 2.05) is 0 Å². The van der Waals surface area contributed by atoms with Crippen molar-refractivity contribution in [3.8, 4) is 0 Å². The molecule has 2 aromatic rings. The second-order valence-corrected chi connectivity index (χ2v) is 5.81. The number of aromatic nitrogens is 3. The summed E-state index contributed by atoms with van der Waals surface area (Å²) in [5.41, 5.74) is 0. The Hall–Kier alpha value is -1.31. The van der Waals surface area contributed by atoms with Gasteiger partial charge in [-0.15, -0.1) is 0 Å². The molecule has 0 aromatic carbocycles. The molecule has 0 fully saturated rings. The van der Waals surface area contributed by atoms with Crippen LogP contribution in [0.15, 0.2) is 29.7 Å². The van der Waals surface area contributed by atoms with Crippen LogP contribution in [0.2, 0.25) is 10.2 Å². The molecule has 2 heterocycles. The van der Waals surface area contributed by atoms with E-state index in [0.717, 1.165) is 0 Å². The third-order valence-electron chi connectivity index (χ3n) is 2.05. The molecule has 0 amide bonds. The molecule has 9 heteroatoms. The van der Waals surface area contributed by atoms with Gasteiger partial charge in [0.1, 0.15) is 11.0 Å². The molecule has 0 atom stereocenters. The van der Waals surface area contributed by atoms with E-state index in [-0.39, 0.29) is 16.0 Å². The molecular formula is C9H8Cl2N4O2S. The highest BCUT2D eigenvalue weighted by Gasteiger charge is 2.22. The molecule has 0 unspecified atom stereocenters. The SMILES string of the molecule is Cn1cnc(S(=O)(=O)Nc2cc(Cl)ccn2)c1Cl. The molecule has 0 bridgehead atoms. The molecule has 18 heavy (non-hydrogen) atoms. The zero-order chi connectivity index (χ0) is 13.3. The number of hydrogen-bond donors (Lipinski definition) is 1. The van der Waals surface area contributed by atoms with Crippen molar-refractivity contribution in [3.05, 3.63) is 34.8 Å². The van der Waals surface area contributed by atoms with Gasteiger partial charge in [-0.1, -0.05) is 23.2 Å². The zero-order valence-electron chi connectivity index (χ0n) is 9.13. The monoisotopic (exact) mass is 306 g/mol. The number of imidazole rings is 1. The minimum Gasteiger partial charge on any atom is -0.324 e. The van der Waals surface area contributed by atoms with E-state index in [1.165, 1.54) is 29.2 Å². The summed E-state index contributed by atoms with van der Waals surface area (Å²) in [6, 6.07) is 2.92. The first-order valence-corrected chi connectivity index (χ1v) is 6.95. The fourth-order valence-electron chi connectivity index (χ4n) is 1.22. The number of rotatable bonds is 3. The van der Waals surface area contributed by atoms with Crippen molar-refractivity contribution in [2.45, 2.75) is 5.03 Å². The van der Waals surface area contributed by atoms with Crippen LogP contribution in [0.5, 0.6) is 0 Å². The number of anilines is 1. The van der Waals surface area contributed by atoms with Gasteiger partial charge in [0.05, 0.1) is 6.33 Å². The average molecular weight is 307 g/mol. The maximum Gasteiger partial charge on any atom is 0.283 e. The van der Waals surface area contributed by atoms with Crippen LogP contribution in [0.1, 0.15) is 0 Å². The van der Waals surface area contributed by atoms with E-state index in [4.69, 9.17) is 23.2 Å². The average Bonchev–Trinajstić information content (AvgIpc) is 2.59. The predicted octanol–water partition coefficient (Wildman–Crippen LogP) is 1.92. The smallest absolute Gasteiger partial charge is 0.283 e. The number of nitrogens with one attached hydrogen (secondary N) is 1. The van der Waals surface area contributed by atoms with E-state index < -0.39 is 10.0 Å². The van der Waals surface area contributed by atoms with E-state index >= 15 is 0 Å². The Bertz CT molecular complexity index is 684. The third-order valence-corrected chi connectivity index (χ3v) is 4.13. The van der Waals surface area contributed by atoms with Gasteiger partial charge in [-0.25, -0.2) is 9.97 Å². The first-order valence-electron chi connectivity index (χ1n) is 4.71. The number of halogens is 2. The van der Waals surface area contributed by atoms with Crippen LogP contribution in [-0.4, -0.2) is 23.0 Å². The van der Waals surface area contributed by atoms with E-state index in [0.29, 0.717) is 5.02 Å². The molecule has 6 nitrogen and oxygen atoms in total. The molecule has 1 N–H and O–H groups in total. The van der Waals surface area contributed by atoms with Gasteiger partial charge in [0.2, 0.25) is 5.03 Å². The lowest BCUT2D eigenvalue weighted by Gasteiger charge is -2.05. The maximum atomic E-state index is 12.0. The lowest BCUT2D eigenvalue weighted by molar-refractivity contribution is 0.598. The van der Waals surface area contributed by atoms with Gasteiger partial charge in [0.15, 0.2) is 0 Å². The molecule has 0 aliphatic heterocycles. The van der Waals surface area contributed by atoms with Gasteiger partial charge in [-0.05, 0) is 6.07 Å². The summed E-state index contributed by atoms with van der Waals surface area (Å²) in [7, 11) is -2.29. The Labute approximate surface area is 114 Å². The van der Waals surface area contributed by atoms with Gasteiger partial charge in [-0.3, -0.25) is 4.72 Å². The van der Waals surface area contributed by atoms with Crippen LogP contribution in [0.4, 0.5) is 5.82 Å². The largest absolute Gasteiger partial charge is 0.324 e. The van der Waals surface area contributed by atoms with Crippen LogP contribution in [0, 0.1) is 0 Å². The van der Waals surface area contributed by atoms with Crippen molar-refractivity contribution in [1.29, 1.82) is 0 Å². The van der Waals surface area contributed by atoms with Crippen molar-refractivity contribution in [2.24, 2.45) is 7.05 Å². The van der Waals surface area contributed by atoms with Crippen molar-refractivity contribution in [2.75, 3.05) is 4.72 Å². The highest BCUT2D eigenvalue weighted by molar-refractivity contribution is 7.92. The van der Waals surface area contributed by atoms with Gasteiger partial charge in [0.25, 0.3) is 10.0 Å². The Kier molecular flexibility index (Phi) is 3.47. The first-order chi connectivity index (χ1) is 8.40. The summed E-state index contributed by atoms with van der Waals surface area (Å²) in [6.07, 6.45) is 2.70. The minimum atomic E-state index is -3.87. The van der Waals surface area contributed by atoms with Gasteiger partial charge in [-0.2, -0.15) is 8.42 Å². The number of pyridine rings is 1. The van der Waals surface area contributed by atoms with Crippen molar-refractivity contribution in [1.82, 2.24) is 14.5 Å². The lowest BCUT2D eigenvalue weighted by atomic mass is 10.5. The molecule has 0 saturated carbocycles. The van der Waals surface area contributed by atoms with Gasteiger partial charge in [0, 0.05) is 24.3 Å². The minimum absolute atomic E-state index is 0.0181. The topological polar surface area (TPSA) is 76.9 Å². The molecule has 2 aromatic heterocycles. The van der Waals surface area contributed by atoms with Crippen LogP contribution < -0.4 is 4.72 Å².